The molecule has 1 atom stereocenters. The monoisotopic (exact) mass is 245 g/mol. The molecule has 2 aromatic rings. The van der Waals surface area contributed by atoms with Crippen LogP contribution in [0.15, 0.2) is 28.8 Å². The molecule has 1 aromatic heterocycles. The fourth-order valence-electron chi connectivity index (χ4n) is 1.96. The molecule has 0 amide bonds. The first-order valence-corrected chi connectivity index (χ1v) is 6.28. The fraction of sp³-hybridized carbons (Fsp3) is 0.429. The maximum atomic E-state index is 5.30. The van der Waals surface area contributed by atoms with Gasteiger partial charge < -0.3 is 9.84 Å². The molecule has 1 aromatic carbocycles. The molecule has 0 aliphatic carbocycles. The van der Waals surface area contributed by atoms with Crippen molar-refractivity contribution in [2.75, 3.05) is 7.05 Å². The van der Waals surface area contributed by atoms with Crippen molar-refractivity contribution in [1.29, 1.82) is 0 Å². The minimum absolute atomic E-state index is 0.142. The third-order valence-electron chi connectivity index (χ3n) is 3.15. The Kier molecular flexibility index (Phi) is 4.10. The van der Waals surface area contributed by atoms with Crippen LogP contribution in [0.4, 0.5) is 0 Å². The summed E-state index contributed by atoms with van der Waals surface area (Å²) in [5.74, 6) is 1.41. The maximum Gasteiger partial charge on any atom is 0.243 e. The highest BCUT2D eigenvalue weighted by Crippen LogP contribution is 2.16. The van der Waals surface area contributed by atoms with Gasteiger partial charge in [0.2, 0.25) is 5.89 Å². The van der Waals surface area contributed by atoms with Crippen LogP contribution in [0.25, 0.3) is 0 Å². The lowest BCUT2D eigenvalue weighted by atomic mass is 10.1. The van der Waals surface area contributed by atoms with Crippen molar-refractivity contribution in [2.24, 2.45) is 0 Å². The van der Waals surface area contributed by atoms with Crippen LogP contribution in [-0.2, 0) is 6.42 Å². The number of aromatic nitrogens is 2. The van der Waals surface area contributed by atoms with Gasteiger partial charge in [0.05, 0.1) is 6.04 Å². The Morgan fingerprint density at radius 3 is 2.78 bits per heavy atom. The van der Waals surface area contributed by atoms with Crippen LogP contribution in [0.2, 0.25) is 0 Å². The second kappa shape index (κ2) is 5.78. The predicted molar refractivity (Wildman–Crippen MR) is 70.4 cm³/mol. The topological polar surface area (TPSA) is 51.0 Å². The molecule has 0 radical (unpaired) electrons. The zero-order valence-electron chi connectivity index (χ0n) is 11.1. The van der Waals surface area contributed by atoms with Crippen molar-refractivity contribution in [3.8, 4) is 0 Å². The number of benzene rings is 1. The molecule has 0 spiro atoms. The maximum absolute atomic E-state index is 5.30. The molecule has 96 valence electrons. The molecule has 0 fully saturated rings. The van der Waals surface area contributed by atoms with E-state index in [1.54, 1.807) is 0 Å². The van der Waals surface area contributed by atoms with Gasteiger partial charge in [0.1, 0.15) is 0 Å². The highest BCUT2D eigenvalue weighted by atomic mass is 16.5. The lowest BCUT2D eigenvalue weighted by Crippen LogP contribution is -2.15. The predicted octanol–water partition coefficient (Wildman–Crippen LogP) is 2.64. The summed E-state index contributed by atoms with van der Waals surface area (Å²) in [7, 11) is 1.90. The molecule has 0 bridgehead atoms. The molecule has 4 heteroatoms. The fourth-order valence-corrected chi connectivity index (χ4v) is 1.96. The van der Waals surface area contributed by atoms with Gasteiger partial charge in [0.25, 0.3) is 0 Å². The van der Waals surface area contributed by atoms with E-state index in [2.05, 4.69) is 41.4 Å². The highest BCUT2D eigenvalue weighted by molar-refractivity contribution is 5.28. The molecule has 1 N–H and O–H groups in total. The van der Waals surface area contributed by atoms with Crippen molar-refractivity contribution in [3.05, 3.63) is 47.1 Å². The highest BCUT2D eigenvalue weighted by Gasteiger charge is 2.15. The minimum atomic E-state index is 0.142. The molecule has 0 aliphatic heterocycles. The Balaban J connectivity index is 2.14. The van der Waals surface area contributed by atoms with Crippen LogP contribution < -0.4 is 5.32 Å². The van der Waals surface area contributed by atoms with E-state index in [1.807, 2.05) is 19.2 Å². The molecule has 0 aliphatic rings. The van der Waals surface area contributed by atoms with E-state index in [0.717, 1.165) is 18.7 Å². The van der Waals surface area contributed by atoms with Crippen molar-refractivity contribution in [1.82, 2.24) is 15.5 Å². The molecular formula is C14H19N3O. The summed E-state index contributed by atoms with van der Waals surface area (Å²) in [6, 6.07) is 8.41. The van der Waals surface area contributed by atoms with Crippen LogP contribution in [0.5, 0.6) is 0 Å². The number of aryl methyl sites for hydroxylation is 1. The third-order valence-corrected chi connectivity index (χ3v) is 3.15. The summed E-state index contributed by atoms with van der Waals surface area (Å²) in [5, 5.41) is 7.20. The second-order valence-corrected chi connectivity index (χ2v) is 4.40. The van der Waals surface area contributed by atoms with Gasteiger partial charge >= 0.3 is 0 Å². The van der Waals surface area contributed by atoms with Gasteiger partial charge in [-0.2, -0.15) is 4.98 Å². The molecule has 1 unspecified atom stereocenters. The molecule has 18 heavy (non-hydrogen) atoms. The summed E-state index contributed by atoms with van der Waals surface area (Å²) in [4.78, 5) is 4.45. The Labute approximate surface area is 107 Å². The Morgan fingerprint density at radius 2 is 2.11 bits per heavy atom. The standard InChI is InChI=1S/C14H19N3O/c1-4-12(15-3)14-16-13(17-18-14)9-11-8-6-5-7-10(11)2/h5-8,12,15H,4,9H2,1-3H3. The van der Waals surface area contributed by atoms with Crippen molar-refractivity contribution in [2.45, 2.75) is 32.7 Å². The summed E-state index contributed by atoms with van der Waals surface area (Å²) >= 11 is 0. The zero-order chi connectivity index (χ0) is 13.0. The lowest BCUT2D eigenvalue weighted by Gasteiger charge is -2.06. The third kappa shape index (κ3) is 2.76. The van der Waals surface area contributed by atoms with Crippen LogP contribution in [-0.4, -0.2) is 17.2 Å². The number of nitrogens with zero attached hydrogens (tertiary/aromatic N) is 2. The molecule has 0 saturated carbocycles. The summed E-state index contributed by atoms with van der Waals surface area (Å²) in [6.45, 7) is 4.19. The van der Waals surface area contributed by atoms with E-state index in [1.165, 1.54) is 11.1 Å². The first-order chi connectivity index (χ1) is 8.74. The van der Waals surface area contributed by atoms with E-state index in [9.17, 15) is 0 Å². The minimum Gasteiger partial charge on any atom is -0.338 e. The van der Waals surface area contributed by atoms with Crippen LogP contribution in [0, 0.1) is 6.92 Å². The second-order valence-electron chi connectivity index (χ2n) is 4.40. The Morgan fingerprint density at radius 1 is 1.33 bits per heavy atom. The first-order valence-electron chi connectivity index (χ1n) is 6.28. The van der Waals surface area contributed by atoms with E-state index in [0.29, 0.717) is 5.89 Å². The van der Waals surface area contributed by atoms with Crippen LogP contribution in [0.1, 0.15) is 42.2 Å². The van der Waals surface area contributed by atoms with Crippen molar-refractivity contribution < 1.29 is 4.52 Å². The largest absolute Gasteiger partial charge is 0.338 e. The first kappa shape index (κ1) is 12.8. The number of rotatable bonds is 5. The van der Waals surface area contributed by atoms with Gasteiger partial charge in [0.15, 0.2) is 5.82 Å². The van der Waals surface area contributed by atoms with Gasteiger partial charge in [-0.1, -0.05) is 36.3 Å². The van der Waals surface area contributed by atoms with E-state index < -0.39 is 0 Å². The van der Waals surface area contributed by atoms with Crippen LogP contribution in [0.3, 0.4) is 0 Å². The smallest absolute Gasteiger partial charge is 0.243 e. The normalized spacial score (nSPS) is 12.6. The summed E-state index contributed by atoms with van der Waals surface area (Å²) < 4.78 is 5.30. The average molecular weight is 245 g/mol. The number of hydrogen-bond acceptors (Lipinski definition) is 4. The van der Waals surface area contributed by atoms with Crippen LogP contribution >= 0.6 is 0 Å². The number of nitrogens with one attached hydrogen (secondary N) is 1. The molecular weight excluding hydrogens is 226 g/mol. The molecule has 0 saturated heterocycles. The van der Waals surface area contributed by atoms with E-state index in [-0.39, 0.29) is 6.04 Å². The summed E-state index contributed by atoms with van der Waals surface area (Å²) in [6.07, 6.45) is 1.65. The van der Waals surface area contributed by atoms with Gasteiger partial charge in [0, 0.05) is 6.42 Å². The van der Waals surface area contributed by atoms with Gasteiger partial charge in [-0.15, -0.1) is 0 Å². The SMILES string of the molecule is CCC(NC)c1nc(Cc2ccccc2C)no1. The van der Waals surface area contributed by atoms with E-state index >= 15 is 0 Å². The average Bonchev–Trinajstić information content (AvgIpc) is 2.82. The lowest BCUT2D eigenvalue weighted by molar-refractivity contribution is 0.331. The van der Waals surface area contributed by atoms with Gasteiger partial charge in [-0.3, -0.25) is 0 Å². The van der Waals surface area contributed by atoms with Crippen molar-refractivity contribution in [3.63, 3.8) is 0 Å². The summed E-state index contributed by atoms with van der Waals surface area (Å²) in [5.41, 5.74) is 2.49. The van der Waals surface area contributed by atoms with E-state index in [4.69, 9.17) is 4.52 Å². The van der Waals surface area contributed by atoms with Crippen molar-refractivity contribution >= 4 is 0 Å². The Hall–Kier alpha value is -1.68. The quantitative estimate of drug-likeness (QED) is 0.879. The molecule has 2 rings (SSSR count). The van der Waals surface area contributed by atoms with Gasteiger partial charge in [-0.25, -0.2) is 0 Å². The van der Waals surface area contributed by atoms with Gasteiger partial charge in [-0.05, 0) is 31.5 Å². The Bertz CT molecular complexity index is 503. The zero-order valence-corrected chi connectivity index (χ0v) is 11.1. The molecule has 1 heterocycles. The number of hydrogen-bond donors (Lipinski definition) is 1. The molecule has 4 nitrogen and oxygen atoms in total.